The smallest absolute Gasteiger partial charge is 0.273 e. The fourth-order valence-corrected chi connectivity index (χ4v) is 2.67. The number of amides is 1. The summed E-state index contributed by atoms with van der Waals surface area (Å²) in [7, 11) is 0. The van der Waals surface area contributed by atoms with Crippen molar-refractivity contribution in [3.63, 3.8) is 0 Å². The van der Waals surface area contributed by atoms with Crippen LogP contribution in [-0.4, -0.2) is 42.0 Å². The molecule has 1 aromatic heterocycles. The van der Waals surface area contributed by atoms with Gasteiger partial charge in [-0.25, -0.2) is 4.98 Å². The second kappa shape index (κ2) is 8.74. The summed E-state index contributed by atoms with van der Waals surface area (Å²) in [5.41, 5.74) is 0.612. The van der Waals surface area contributed by atoms with E-state index >= 15 is 0 Å². The molecule has 0 saturated carbocycles. The Morgan fingerprint density at radius 2 is 2.11 bits per heavy atom. The number of carbonyl (C=O) groups is 1. The molecular formula is C12H21Cl2N3OS. The molecule has 110 valence electrons. The number of nitrogens with one attached hydrogen (secondary N) is 1. The molecule has 1 amide bonds. The van der Waals surface area contributed by atoms with Gasteiger partial charge in [0.1, 0.15) is 5.69 Å². The van der Waals surface area contributed by atoms with E-state index in [1.54, 1.807) is 11.3 Å². The van der Waals surface area contributed by atoms with E-state index in [2.05, 4.69) is 24.1 Å². The summed E-state index contributed by atoms with van der Waals surface area (Å²) in [6.07, 6.45) is 1.02. The quantitative estimate of drug-likeness (QED) is 0.908. The maximum absolute atomic E-state index is 12.2. The Morgan fingerprint density at radius 3 is 2.74 bits per heavy atom. The third-order valence-electron chi connectivity index (χ3n) is 2.86. The van der Waals surface area contributed by atoms with E-state index in [9.17, 15) is 4.79 Å². The van der Waals surface area contributed by atoms with Crippen molar-refractivity contribution in [1.82, 2.24) is 15.2 Å². The lowest BCUT2D eigenvalue weighted by molar-refractivity contribution is 0.0761. The van der Waals surface area contributed by atoms with Crippen LogP contribution in [0.15, 0.2) is 5.38 Å². The first kappa shape index (κ1) is 18.6. The predicted octanol–water partition coefficient (Wildman–Crippen LogP) is 2.55. The summed E-state index contributed by atoms with van der Waals surface area (Å²) in [5, 5.41) is 6.22. The zero-order valence-corrected chi connectivity index (χ0v) is 13.7. The summed E-state index contributed by atoms with van der Waals surface area (Å²) < 4.78 is 0. The molecule has 4 nitrogen and oxygen atoms in total. The van der Waals surface area contributed by atoms with Crippen molar-refractivity contribution in [2.45, 2.75) is 26.2 Å². The van der Waals surface area contributed by atoms with Crippen LogP contribution in [0.25, 0.3) is 0 Å². The Bertz CT molecular complexity index is 390. The van der Waals surface area contributed by atoms with Crippen molar-refractivity contribution in [2.24, 2.45) is 0 Å². The fourth-order valence-electron chi connectivity index (χ4n) is 1.86. The lowest BCUT2D eigenvalue weighted by atomic mass is 10.2. The molecule has 0 atom stereocenters. The van der Waals surface area contributed by atoms with Gasteiger partial charge < -0.3 is 10.2 Å². The minimum Gasteiger partial charge on any atom is -0.336 e. The number of aromatic nitrogens is 1. The number of halogens is 2. The molecule has 1 saturated heterocycles. The highest BCUT2D eigenvalue weighted by molar-refractivity contribution is 7.09. The molecule has 1 N–H and O–H groups in total. The second-order valence-electron chi connectivity index (χ2n) is 4.62. The van der Waals surface area contributed by atoms with Crippen LogP contribution in [0.1, 0.15) is 41.7 Å². The number of thiazole rings is 1. The number of hydrogen-bond donors (Lipinski definition) is 1. The van der Waals surface area contributed by atoms with Gasteiger partial charge in [0.15, 0.2) is 0 Å². The minimum absolute atomic E-state index is 0. The van der Waals surface area contributed by atoms with Crippen LogP contribution in [-0.2, 0) is 0 Å². The highest BCUT2D eigenvalue weighted by Crippen LogP contribution is 2.20. The highest BCUT2D eigenvalue weighted by Gasteiger charge is 2.20. The molecule has 2 rings (SSSR count). The van der Waals surface area contributed by atoms with Crippen molar-refractivity contribution >= 4 is 42.1 Å². The molecule has 0 aromatic carbocycles. The van der Waals surface area contributed by atoms with Gasteiger partial charge in [0.25, 0.3) is 5.91 Å². The number of nitrogens with zero attached hydrogens (tertiary/aromatic N) is 2. The molecule has 0 spiro atoms. The third kappa shape index (κ3) is 4.91. The van der Waals surface area contributed by atoms with E-state index in [1.807, 2.05) is 10.3 Å². The average molecular weight is 326 g/mol. The summed E-state index contributed by atoms with van der Waals surface area (Å²) >= 11 is 1.58. The molecule has 1 aliphatic rings. The maximum Gasteiger partial charge on any atom is 0.273 e. The Hall–Kier alpha value is -0.360. The second-order valence-corrected chi connectivity index (χ2v) is 5.51. The Kier molecular flexibility index (Phi) is 8.57. The van der Waals surface area contributed by atoms with Gasteiger partial charge in [-0.2, -0.15) is 0 Å². The summed E-state index contributed by atoms with van der Waals surface area (Å²) in [4.78, 5) is 18.6. The van der Waals surface area contributed by atoms with E-state index in [-0.39, 0.29) is 30.7 Å². The first-order valence-electron chi connectivity index (χ1n) is 6.14. The van der Waals surface area contributed by atoms with Crippen LogP contribution in [0.5, 0.6) is 0 Å². The Balaban J connectivity index is 0.00000162. The molecule has 0 bridgehead atoms. The number of carbonyl (C=O) groups excluding carboxylic acids is 1. The van der Waals surface area contributed by atoms with Gasteiger partial charge in [0.2, 0.25) is 0 Å². The topological polar surface area (TPSA) is 45.2 Å². The minimum atomic E-state index is 0. The summed E-state index contributed by atoms with van der Waals surface area (Å²) in [6.45, 7) is 7.70. The van der Waals surface area contributed by atoms with E-state index in [0.29, 0.717) is 11.6 Å². The average Bonchev–Trinajstić information content (AvgIpc) is 2.65. The Morgan fingerprint density at radius 1 is 1.37 bits per heavy atom. The number of rotatable bonds is 2. The van der Waals surface area contributed by atoms with Crippen molar-refractivity contribution in [1.29, 1.82) is 0 Å². The van der Waals surface area contributed by atoms with Crippen molar-refractivity contribution in [2.75, 3.05) is 26.2 Å². The molecule has 1 aromatic rings. The SMILES string of the molecule is CC(C)c1nc(C(=O)N2CCCNCC2)cs1.Cl.Cl. The largest absolute Gasteiger partial charge is 0.336 e. The summed E-state index contributed by atoms with van der Waals surface area (Å²) in [6, 6.07) is 0. The molecule has 19 heavy (non-hydrogen) atoms. The maximum atomic E-state index is 12.2. The number of hydrogen-bond acceptors (Lipinski definition) is 4. The first-order valence-corrected chi connectivity index (χ1v) is 7.02. The normalized spacial score (nSPS) is 15.4. The molecule has 0 radical (unpaired) electrons. The van der Waals surface area contributed by atoms with E-state index < -0.39 is 0 Å². The van der Waals surface area contributed by atoms with Crippen LogP contribution >= 0.6 is 36.2 Å². The van der Waals surface area contributed by atoms with Gasteiger partial charge in [-0.3, -0.25) is 4.79 Å². The van der Waals surface area contributed by atoms with Gasteiger partial charge >= 0.3 is 0 Å². The molecule has 1 fully saturated rings. The first-order chi connectivity index (χ1) is 8.18. The van der Waals surface area contributed by atoms with Gasteiger partial charge in [-0.1, -0.05) is 13.8 Å². The zero-order valence-electron chi connectivity index (χ0n) is 11.2. The molecule has 7 heteroatoms. The van der Waals surface area contributed by atoms with E-state index in [1.165, 1.54) is 0 Å². The zero-order chi connectivity index (χ0) is 12.3. The molecule has 1 aliphatic heterocycles. The molecular weight excluding hydrogens is 305 g/mol. The van der Waals surface area contributed by atoms with E-state index in [4.69, 9.17) is 0 Å². The molecule has 0 aliphatic carbocycles. The van der Waals surface area contributed by atoms with Gasteiger partial charge in [-0.15, -0.1) is 36.2 Å². The highest BCUT2D eigenvalue weighted by atomic mass is 35.5. The van der Waals surface area contributed by atoms with Crippen molar-refractivity contribution in [3.8, 4) is 0 Å². The standard InChI is InChI=1S/C12H19N3OS.2ClH/c1-9(2)11-14-10(8-17-11)12(16)15-6-3-4-13-5-7-15;;/h8-9,13H,3-7H2,1-2H3;2*1H. The van der Waals surface area contributed by atoms with Crippen LogP contribution in [0, 0.1) is 0 Å². The van der Waals surface area contributed by atoms with E-state index in [0.717, 1.165) is 37.6 Å². The molecule has 0 unspecified atom stereocenters. The van der Waals surface area contributed by atoms with Crippen LogP contribution in [0.3, 0.4) is 0 Å². The molecule has 2 heterocycles. The van der Waals surface area contributed by atoms with Crippen LogP contribution < -0.4 is 5.32 Å². The fraction of sp³-hybridized carbons (Fsp3) is 0.667. The van der Waals surface area contributed by atoms with Gasteiger partial charge in [0, 0.05) is 30.9 Å². The van der Waals surface area contributed by atoms with Crippen molar-refractivity contribution < 1.29 is 4.79 Å². The van der Waals surface area contributed by atoms with Crippen LogP contribution in [0.4, 0.5) is 0 Å². The van der Waals surface area contributed by atoms with Gasteiger partial charge in [0.05, 0.1) is 5.01 Å². The lowest BCUT2D eigenvalue weighted by Crippen LogP contribution is -2.34. The van der Waals surface area contributed by atoms with Gasteiger partial charge in [-0.05, 0) is 13.0 Å². The van der Waals surface area contributed by atoms with Crippen molar-refractivity contribution in [3.05, 3.63) is 16.1 Å². The summed E-state index contributed by atoms with van der Waals surface area (Å²) in [5.74, 6) is 0.476. The Labute approximate surface area is 130 Å². The predicted molar refractivity (Wildman–Crippen MR) is 84.1 cm³/mol. The monoisotopic (exact) mass is 325 g/mol. The lowest BCUT2D eigenvalue weighted by Gasteiger charge is -2.18. The third-order valence-corrected chi connectivity index (χ3v) is 4.01. The van der Waals surface area contributed by atoms with Crippen LogP contribution in [0.2, 0.25) is 0 Å².